The van der Waals surface area contributed by atoms with Gasteiger partial charge in [-0.25, -0.2) is 9.67 Å². The fourth-order valence-electron chi connectivity index (χ4n) is 2.25. The number of aromatic nitrogens is 3. The van der Waals surface area contributed by atoms with Gasteiger partial charge in [-0.1, -0.05) is 35.9 Å². The van der Waals surface area contributed by atoms with Crippen molar-refractivity contribution in [3.63, 3.8) is 0 Å². The van der Waals surface area contributed by atoms with Crippen LogP contribution in [0, 0.1) is 0 Å². The van der Waals surface area contributed by atoms with Gasteiger partial charge in [-0.3, -0.25) is 0 Å². The van der Waals surface area contributed by atoms with Crippen LogP contribution in [0.25, 0.3) is 0 Å². The normalized spacial score (nSPS) is 11.5. The maximum atomic E-state index is 11.0. The zero-order valence-corrected chi connectivity index (χ0v) is 15.8. The highest BCUT2D eigenvalue weighted by molar-refractivity contribution is 7.98. The van der Waals surface area contributed by atoms with E-state index in [1.807, 2.05) is 18.2 Å². The number of nitrogens with zero attached hydrogens (tertiary/aromatic N) is 3. The first-order chi connectivity index (χ1) is 12.4. The Labute approximate surface area is 160 Å². The smallest absolute Gasteiger partial charge is 0.369 e. The van der Waals surface area contributed by atoms with E-state index in [-0.39, 0.29) is 10.8 Å². The Morgan fingerprint density at radius 3 is 2.69 bits per heavy atom. The van der Waals surface area contributed by atoms with Crippen molar-refractivity contribution >= 4 is 33.7 Å². The van der Waals surface area contributed by atoms with Crippen molar-refractivity contribution in [2.45, 2.75) is 17.2 Å². The standard InChI is InChI=1S/C16H15ClN4O3S2/c17-15-7-14(4-5-16(15)24-26(18,22)23)25-9-13-3-1-2-12(6-13)8-21-11-19-10-20-21/h1-7,10-11H,8-9H2,(H2,18,22,23). The highest BCUT2D eigenvalue weighted by Crippen LogP contribution is 2.32. The topological polar surface area (TPSA) is 100 Å². The van der Waals surface area contributed by atoms with Gasteiger partial charge in [0.15, 0.2) is 5.75 Å². The molecule has 3 aromatic rings. The van der Waals surface area contributed by atoms with Crippen LogP contribution in [0.2, 0.25) is 5.02 Å². The van der Waals surface area contributed by atoms with Crippen molar-refractivity contribution < 1.29 is 12.6 Å². The minimum Gasteiger partial charge on any atom is -0.369 e. The van der Waals surface area contributed by atoms with E-state index in [4.69, 9.17) is 16.7 Å². The summed E-state index contributed by atoms with van der Waals surface area (Å²) in [4.78, 5) is 4.82. The summed E-state index contributed by atoms with van der Waals surface area (Å²) < 4.78 is 28.3. The second-order valence-electron chi connectivity index (χ2n) is 5.37. The molecule has 136 valence electrons. The van der Waals surface area contributed by atoms with Gasteiger partial charge in [-0.15, -0.1) is 11.8 Å². The number of benzene rings is 2. The van der Waals surface area contributed by atoms with Crippen molar-refractivity contribution in [1.82, 2.24) is 14.8 Å². The molecular weight excluding hydrogens is 396 g/mol. The van der Waals surface area contributed by atoms with Gasteiger partial charge in [-0.05, 0) is 29.3 Å². The van der Waals surface area contributed by atoms with Crippen molar-refractivity contribution in [3.8, 4) is 5.75 Å². The van der Waals surface area contributed by atoms with Gasteiger partial charge in [0.25, 0.3) is 0 Å². The fraction of sp³-hybridized carbons (Fsp3) is 0.125. The Bertz CT molecular complexity index is 994. The molecule has 1 heterocycles. The van der Waals surface area contributed by atoms with Crippen LogP contribution in [-0.2, 0) is 22.6 Å². The summed E-state index contributed by atoms with van der Waals surface area (Å²) in [5.74, 6) is 0.741. The average molecular weight is 411 g/mol. The molecule has 7 nitrogen and oxygen atoms in total. The summed E-state index contributed by atoms with van der Waals surface area (Å²) in [6, 6.07) is 13.0. The summed E-state index contributed by atoms with van der Waals surface area (Å²) in [6.07, 6.45) is 3.18. The van der Waals surface area contributed by atoms with Crippen molar-refractivity contribution in [1.29, 1.82) is 0 Å². The lowest BCUT2D eigenvalue weighted by atomic mass is 10.1. The predicted molar refractivity (Wildman–Crippen MR) is 100 cm³/mol. The molecule has 0 aliphatic heterocycles. The predicted octanol–water partition coefficient (Wildman–Crippen LogP) is 2.85. The summed E-state index contributed by atoms with van der Waals surface area (Å²) in [7, 11) is -4.10. The highest BCUT2D eigenvalue weighted by Gasteiger charge is 2.10. The van der Waals surface area contributed by atoms with Crippen LogP contribution in [0.15, 0.2) is 60.0 Å². The summed E-state index contributed by atoms with van der Waals surface area (Å²) >= 11 is 7.62. The Morgan fingerprint density at radius 1 is 1.19 bits per heavy atom. The van der Waals surface area contributed by atoms with E-state index in [1.165, 1.54) is 12.4 Å². The van der Waals surface area contributed by atoms with Gasteiger partial charge in [0, 0.05) is 10.6 Å². The molecule has 0 amide bonds. The van der Waals surface area contributed by atoms with E-state index < -0.39 is 10.3 Å². The monoisotopic (exact) mass is 410 g/mol. The first kappa shape index (κ1) is 18.7. The van der Waals surface area contributed by atoms with Crippen LogP contribution in [0.3, 0.4) is 0 Å². The molecule has 0 unspecified atom stereocenters. The van der Waals surface area contributed by atoms with E-state index in [0.29, 0.717) is 6.54 Å². The molecule has 26 heavy (non-hydrogen) atoms. The minimum absolute atomic E-state index is 0.00773. The fourth-order valence-corrected chi connectivity index (χ4v) is 3.85. The van der Waals surface area contributed by atoms with Crippen LogP contribution in [0.4, 0.5) is 0 Å². The number of rotatable bonds is 7. The summed E-state index contributed by atoms with van der Waals surface area (Å²) in [5.41, 5.74) is 2.28. The maximum absolute atomic E-state index is 11.0. The van der Waals surface area contributed by atoms with Gasteiger partial charge in [0.2, 0.25) is 0 Å². The third kappa shape index (κ3) is 5.46. The van der Waals surface area contributed by atoms with E-state index in [1.54, 1.807) is 34.9 Å². The molecule has 0 saturated carbocycles. The molecule has 0 atom stereocenters. The van der Waals surface area contributed by atoms with Gasteiger partial charge >= 0.3 is 10.3 Å². The lowest BCUT2D eigenvalue weighted by molar-refractivity contribution is 0.487. The molecule has 0 bridgehead atoms. The van der Waals surface area contributed by atoms with Gasteiger partial charge in [-0.2, -0.15) is 18.7 Å². The molecule has 2 aromatic carbocycles. The quantitative estimate of drug-likeness (QED) is 0.601. The lowest BCUT2D eigenvalue weighted by Crippen LogP contribution is -2.19. The minimum atomic E-state index is -4.10. The highest BCUT2D eigenvalue weighted by atomic mass is 35.5. The van der Waals surface area contributed by atoms with Crippen LogP contribution in [0.5, 0.6) is 5.75 Å². The molecule has 0 spiro atoms. The third-order valence-corrected chi connectivity index (χ3v) is 5.09. The molecule has 0 aliphatic carbocycles. The van der Waals surface area contributed by atoms with Crippen molar-refractivity contribution in [2.24, 2.45) is 5.14 Å². The van der Waals surface area contributed by atoms with E-state index >= 15 is 0 Å². The molecule has 0 fully saturated rings. The molecular formula is C16H15ClN4O3S2. The second-order valence-corrected chi connectivity index (χ2v) is 7.98. The number of hydrogen-bond donors (Lipinski definition) is 1. The summed E-state index contributed by atoms with van der Waals surface area (Å²) in [5, 5.41) is 9.13. The molecule has 10 heteroatoms. The van der Waals surface area contributed by atoms with Gasteiger partial charge in [0.05, 0.1) is 11.6 Å². The van der Waals surface area contributed by atoms with Crippen LogP contribution >= 0.6 is 23.4 Å². The molecule has 2 N–H and O–H groups in total. The lowest BCUT2D eigenvalue weighted by Gasteiger charge is -2.08. The van der Waals surface area contributed by atoms with Gasteiger partial charge in [0.1, 0.15) is 12.7 Å². The molecule has 0 radical (unpaired) electrons. The Kier molecular flexibility index (Phi) is 5.82. The van der Waals surface area contributed by atoms with Crippen molar-refractivity contribution in [2.75, 3.05) is 0 Å². The van der Waals surface area contributed by atoms with Crippen LogP contribution in [0.1, 0.15) is 11.1 Å². The van der Waals surface area contributed by atoms with E-state index in [2.05, 4.69) is 20.3 Å². The summed E-state index contributed by atoms with van der Waals surface area (Å²) in [6.45, 7) is 0.657. The first-order valence-corrected chi connectivity index (χ1v) is 10.3. The number of nitrogens with two attached hydrogens (primary N) is 1. The zero-order chi connectivity index (χ0) is 18.6. The number of thioether (sulfide) groups is 1. The Balaban J connectivity index is 1.64. The van der Waals surface area contributed by atoms with E-state index in [9.17, 15) is 8.42 Å². The maximum Gasteiger partial charge on any atom is 0.380 e. The first-order valence-electron chi connectivity index (χ1n) is 7.44. The van der Waals surface area contributed by atoms with Crippen LogP contribution in [-0.4, -0.2) is 23.2 Å². The number of hydrogen-bond acceptors (Lipinski definition) is 6. The van der Waals surface area contributed by atoms with Crippen LogP contribution < -0.4 is 9.32 Å². The number of halogens is 1. The van der Waals surface area contributed by atoms with Crippen molar-refractivity contribution in [3.05, 3.63) is 71.3 Å². The van der Waals surface area contributed by atoms with E-state index in [0.717, 1.165) is 21.8 Å². The zero-order valence-electron chi connectivity index (χ0n) is 13.4. The average Bonchev–Trinajstić information content (AvgIpc) is 3.07. The Hall–Kier alpha value is -2.07. The Morgan fingerprint density at radius 2 is 2.00 bits per heavy atom. The molecule has 3 rings (SSSR count). The molecule has 1 aromatic heterocycles. The molecule has 0 aliphatic rings. The van der Waals surface area contributed by atoms with Gasteiger partial charge < -0.3 is 4.18 Å². The molecule has 0 saturated heterocycles. The largest absolute Gasteiger partial charge is 0.380 e. The third-order valence-electron chi connectivity index (χ3n) is 3.32. The second kappa shape index (κ2) is 8.09. The SMILES string of the molecule is NS(=O)(=O)Oc1ccc(SCc2cccc(Cn3cncn3)c2)cc1Cl.